The maximum absolute atomic E-state index is 15.3. The van der Waals surface area contributed by atoms with E-state index in [-0.39, 0.29) is 59.2 Å². The summed E-state index contributed by atoms with van der Waals surface area (Å²) in [6.07, 6.45) is 7.84. The van der Waals surface area contributed by atoms with Crippen LogP contribution in [0.3, 0.4) is 0 Å². The summed E-state index contributed by atoms with van der Waals surface area (Å²) in [7, 11) is 1.45. The highest BCUT2D eigenvalue weighted by Crippen LogP contribution is 2.33. The number of amides is 1. The molecule has 0 radical (unpaired) electrons. The molecule has 0 bridgehead atoms. The molecule has 3 aromatic rings. The molecular weight excluding hydrogens is 598 g/mol. The van der Waals surface area contributed by atoms with Crippen molar-refractivity contribution in [1.29, 1.82) is 0 Å². The Morgan fingerprint density at radius 1 is 1.02 bits per heavy atom. The van der Waals surface area contributed by atoms with Crippen molar-refractivity contribution in [2.24, 2.45) is 5.92 Å². The molecule has 2 atom stereocenters. The second-order valence-corrected chi connectivity index (χ2v) is 12.8. The molecular formula is C34H42F2N4O6. The van der Waals surface area contributed by atoms with Crippen LogP contribution >= 0.6 is 0 Å². The van der Waals surface area contributed by atoms with Crippen LogP contribution in [0.25, 0.3) is 11.1 Å². The van der Waals surface area contributed by atoms with Gasteiger partial charge in [-0.05, 0) is 94.3 Å². The molecule has 3 fully saturated rings. The topological polar surface area (TPSA) is 117 Å². The van der Waals surface area contributed by atoms with Gasteiger partial charge in [-0.1, -0.05) is 6.42 Å². The minimum absolute atomic E-state index is 0.00196. The Kier molecular flexibility index (Phi) is 10.0. The van der Waals surface area contributed by atoms with E-state index in [0.717, 1.165) is 45.3 Å². The number of carboxylic acids is 1. The summed E-state index contributed by atoms with van der Waals surface area (Å²) in [5.74, 6) is -1.88. The van der Waals surface area contributed by atoms with Crippen LogP contribution in [-0.2, 0) is 20.7 Å². The van der Waals surface area contributed by atoms with Gasteiger partial charge in [0.25, 0.3) is 6.01 Å². The zero-order valence-corrected chi connectivity index (χ0v) is 26.2. The van der Waals surface area contributed by atoms with Crippen LogP contribution in [0.1, 0.15) is 63.4 Å². The Labute approximate surface area is 267 Å². The Hall–Kier alpha value is -3.77. The molecule has 6 rings (SSSR count). The first kappa shape index (κ1) is 32.2. The van der Waals surface area contributed by atoms with Crippen molar-refractivity contribution in [3.05, 3.63) is 47.5 Å². The number of hydrogen-bond donors (Lipinski definition) is 2. The summed E-state index contributed by atoms with van der Waals surface area (Å²) in [6, 6.07) is 6.80. The van der Waals surface area contributed by atoms with Gasteiger partial charge in [-0.25, -0.2) is 8.78 Å². The molecule has 2 aromatic carbocycles. The third kappa shape index (κ3) is 7.44. The molecule has 1 aromatic heterocycles. The summed E-state index contributed by atoms with van der Waals surface area (Å²) in [4.78, 5) is 34.0. The summed E-state index contributed by atoms with van der Waals surface area (Å²) < 4.78 is 46.5. The second-order valence-electron chi connectivity index (χ2n) is 12.8. The zero-order chi connectivity index (χ0) is 32.2. The summed E-state index contributed by atoms with van der Waals surface area (Å²) in [6.45, 7) is 3.26. The number of methoxy groups -OCH3 is 1. The molecule has 1 amide bonds. The number of hydrogen-bond acceptors (Lipinski definition) is 8. The van der Waals surface area contributed by atoms with Crippen molar-refractivity contribution < 1.29 is 37.4 Å². The van der Waals surface area contributed by atoms with Gasteiger partial charge in [-0.2, -0.15) is 4.98 Å². The van der Waals surface area contributed by atoms with Crippen molar-refractivity contribution in [3.8, 4) is 5.75 Å². The first-order valence-electron chi connectivity index (χ1n) is 16.3. The normalized spacial score (nSPS) is 23.9. The van der Waals surface area contributed by atoms with E-state index in [1.54, 1.807) is 6.07 Å². The second kappa shape index (κ2) is 14.3. The molecule has 3 heterocycles. The quantitative estimate of drug-likeness (QED) is 0.264. The number of nitrogens with one attached hydrogen (secondary N) is 1. The predicted octanol–water partition coefficient (Wildman–Crippen LogP) is 5.91. The van der Waals surface area contributed by atoms with Crippen LogP contribution in [0, 0.1) is 17.6 Å². The van der Waals surface area contributed by atoms with Crippen LogP contribution in [0.2, 0.25) is 0 Å². The van der Waals surface area contributed by atoms with Crippen LogP contribution < -0.4 is 10.1 Å². The van der Waals surface area contributed by atoms with Crippen LogP contribution in [0.5, 0.6) is 5.75 Å². The summed E-state index contributed by atoms with van der Waals surface area (Å²) in [5.41, 5.74) is 0.920. The van der Waals surface area contributed by atoms with E-state index in [2.05, 4.69) is 15.2 Å². The number of piperidine rings is 1. The van der Waals surface area contributed by atoms with Crippen molar-refractivity contribution in [1.82, 2.24) is 14.8 Å². The van der Waals surface area contributed by atoms with Crippen molar-refractivity contribution in [3.63, 3.8) is 0 Å². The number of halogens is 2. The van der Waals surface area contributed by atoms with Gasteiger partial charge < -0.3 is 34.1 Å². The van der Waals surface area contributed by atoms with Gasteiger partial charge in [0.2, 0.25) is 5.91 Å². The lowest BCUT2D eigenvalue weighted by Crippen LogP contribution is -2.49. The average molecular weight is 641 g/mol. The smallest absolute Gasteiger partial charge is 0.306 e. The van der Waals surface area contributed by atoms with Crippen molar-refractivity contribution in [2.75, 3.05) is 38.7 Å². The van der Waals surface area contributed by atoms with Crippen LogP contribution in [-0.4, -0.2) is 83.3 Å². The van der Waals surface area contributed by atoms with Gasteiger partial charge in [0, 0.05) is 18.7 Å². The number of carbonyl (C=O) groups is 2. The van der Waals surface area contributed by atoms with Gasteiger partial charge in [0.15, 0.2) is 11.4 Å². The first-order valence-corrected chi connectivity index (χ1v) is 16.3. The molecule has 2 aliphatic heterocycles. The van der Waals surface area contributed by atoms with E-state index in [0.29, 0.717) is 43.6 Å². The predicted molar refractivity (Wildman–Crippen MR) is 167 cm³/mol. The Bertz CT molecular complexity index is 1540. The highest BCUT2D eigenvalue weighted by molar-refractivity contribution is 5.83. The molecule has 3 aliphatic rings. The number of carboxylic acid groups (broad SMARTS) is 1. The van der Waals surface area contributed by atoms with E-state index >= 15 is 4.39 Å². The highest BCUT2D eigenvalue weighted by atomic mass is 19.1. The standard InChI is InChI=1S/C34H42F2N4O6/c1-44-29-12-7-23(35)18-28(29)37-34-38-32-27(36)15-21(16-30(32)46-34)17-31(41)40-24(19-39-13-3-2-4-14-39)8-9-25(40)20-45-26-10-5-22(6-11-26)33(42)43/h7,12,15-16,18,22,24-26H,2-6,8-11,13-14,17,19-20H2,1H3,(H,37,38)(H,42,43)/t22?,24-,25-,26?/m0/s1. The van der Waals surface area contributed by atoms with Crippen molar-refractivity contribution in [2.45, 2.75) is 82.4 Å². The lowest BCUT2D eigenvalue weighted by molar-refractivity contribution is -0.144. The number of ether oxygens (including phenoxy) is 2. The molecule has 1 saturated carbocycles. The Balaban J connectivity index is 1.16. The first-order chi connectivity index (χ1) is 22.3. The molecule has 1 aliphatic carbocycles. The van der Waals surface area contributed by atoms with Gasteiger partial charge >= 0.3 is 5.97 Å². The maximum Gasteiger partial charge on any atom is 0.306 e. The SMILES string of the molecule is COc1ccc(F)cc1Nc1nc2c(F)cc(CC(=O)N3[C@H](COC4CCC(C(=O)O)CC4)CC[C@H]3CN3CCCCC3)cc2o1. The molecule has 46 heavy (non-hydrogen) atoms. The lowest BCUT2D eigenvalue weighted by atomic mass is 9.87. The third-order valence-corrected chi connectivity index (χ3v) is 9.64. The minimum Gasteiger partial charge on any atom is -0.495 e. The zero-order valence-electron chi connectivity index (χ0n) is 26.2. The number of anilines is 2. The van der Waals surface area contributed by atoms with E-state index in [4.69, 9.17) is 13.9 Å². The van der Waals surface area contributed by atoms with Crippen molar-refractivity contribution >= 4 is 34.7 Å². The summed E-state index contributed by atoms with van der Waals surface area (Å²) in [5, 5.41) is 12.2. The highest BCUT2D eigenvalue weighted by Gasteiger charge is 2.38. The fourth-order valence-electron chi connectivity index (χ4n) is 7.23. The number of aliphatic carboxylic acids is 1. The largest absolute Gasteiger partial charge is 0.495 e. The molecule has 10 nitrogen and oxygen atoms in total. The minimum atomic E-state index is -0.745. The Morgan fingerprint density at radius 2 is 1.78 bits per heavy atom. The van der Waals surface area contributed by atoms with Crippen LogP contribution in [0.4, 0.5) is 20.5 Å². The molecule has 2 saturated heterocycles. The number of nitrogens with zero attached hydrogens (tertiary/aromatic N) is 3. The molecule has 0 unspecified atom stereocenters. The van der Waals surface area contributed by atoms with Gasteiger partial charge in [-0.15, -0.1) is 0 Å². The number of aromatic nitrogens is 1. The van der Waals surface area contributed by atoms with E-state index < -0.39 is 17.6 Å². The van der Waals surface area contributed by atoms with Gasteiger partial charge in [0.1, 0.15) is 17.1 Å². The molecule has 2 N–H and O–H groups in total. The monoisotopic (exact) mass is 640 g/mol. The maximum atomic E-state index is 15.3. The summed E-state index contributed by atoms with van der Waals surface area (Å²) >= 11 is 0. The lowest BCUT2D eigenvalue weighted by Gasteiger charge is -2.36. The average Bonchev–Trinajstić information content (AvgIpc) is 3.64. The number of oxazole rings is 1. The molecule has 12 heteroatoms. The fourth-order valence-corrected chi connectivity index (χ4v) is 7.23. The number of likely N-dealkylation sites (tertiary alicyclic amines) is 2. The van der Waals surface area contributed by atoms with Gasteiger partial charge in [0.05, 0.1) is 43.9 Å². The van der Waals surface area contributed by atoms with E-state index in [1.165, 1.54) is 37.8 Å². The number of carbonyl (C=O) groups excluding carboxylic acids is 1. The number of rotatable bonds is 11. The fraction of sp³-hybridized carbons (Fsp3) is 0.559. The van der Waals surface area contributed by atoms with E-state index in [1.807, 2.05) is 4.90 Å². The van der Waals surface area contributed by atoms with Crippen LogP contribution in [0.15, 0.2) is 34.7 Å². The molecule has 248 valence electrons. The number of benzene rings is 2. The van der Waals surface area contributed by atoms with Gasteiger partial charge in [-0.3, -0.25) is 9.59 Å². The number of fused-ring (bicyclic) bond motifs is 1. The molecule has 0 spiro atoms. The third-order valence-electron chi connectivity index (χ3n) is 9.64. The van der Waals surface area contributed by atoms with E-state index in [9.17, 15) is 19.1 Å². The Morgan fingerprint density at radius 3 is 2.52 bits per heavy atom.